The van der Waals surface area contributed by atoms with Crippen molar-refractivity contribution in [3.8, 4) is 0 Å². The first-order valence-corrected chi connectivity index (χ1v) is 4.53. The molecule has 4 heteroatoms. The highest BCUT2D eigenvalue weighted by Gasteiger charge is 2.05. The monoisotopic (exact) mass is 208 g/mol. The summed E-state index contributed by atoms with van der Waals surface area (Å²) in [4.78, 5) is 5.74. The average Bonchev–Trinajstić information content (AvgIpc) is 2.71. The lowest BCUT2D eigenvalue weighted by Gasteiger charge is -2.14. The maximum absolute atomic E-state index is 5.79. The third-order valence-electron chi connectivity index (χ3n) is 1.96. The van der Waals surface area contributed by atoms with Gasteiger partial charge in [-0.1, -0.05) is 11.6 Å². The number of anilines is 2. The van der Waals surface area contributed by atoms with Crippen LogP contribution in [-0.4, -0.2) is 12.0 Å². The third kappa shape index (κ3) is 1.72. The third-order valence-corrected chi connectivity index (χ3v) is 2.22. The predicted molar refractivity (Wildman–Crippen MR) is 56.0 cm³/mol. The fourth-order valence-electron chi connectivity index (χ4n) is 1.17. The van der Waals surface area contributed by atoms with Gasteiger partial charge < -0.3 is 9.32 Å². The molecule has 1 aromatic heterocycles. The van der Waals surface area contributed by atoms with E-state index in [1.54, 1.807) is 6.20 Å². The van der Waals surface area contributed by atoms with Crippen LogP contribution in [0, 0.1) is 0 Å². The number of aromatic nitrogens is 1. The number of halogens is 1. The molecule has 0 aliphatic carbocycles. The second-order valence-corrected chi connectivity index (χ2v) is 3.31. The van der Waals surface area contributed by atoms with Gasteiger partial charge in [0.2, 0.25) is 5.88 Å². The summed E-state index contributed by atoms with van der Waals surface area (Å²) < 4.78 is 5.16. The molecule has 0 saturated carbocycles. The average molecular weight is 209 g/mol. The lowest BCUT2D eigenvalue weighted by atomic mass is 10.3. The van der Waals surface area contributed by atoms with Crippen LogP contribution in [0.15, 0.2) is 41.3 Å². The molecule has 0 aliphatic rings. The minimum absolute atomic E-state index is 0.701. The van der Waals surface area contributed by atoms with Gasteiger partial charge in [0.05, 0.1) is 6.20 Å². The van der Waals surface area contributed by atoms with Crippen LogP contribution in [0.1, 0.15) is 0 Å². The molecule has 0 radical (unpaired) electrons. The van der Waals surface area contributed by atoms with Gasteiger partial charge in [0, 0.05) is 17.8 Å². The molecular formula is C10H9ClN2O. The van der Waals surface area contributed by atoms with Crippen molar-refractivity contribution >= 4 is 23.2 Å². The molecule has 0 aliphatic heterocycles. The zero-order valence-corrected chi connectivity index (χ0v) is 8.40. The van der Waals surface area contributed by atoms with E-state index in [9.17, 15) is 0 Å². The minimum Gasteiger partial charge on any atom is -0.428 e. The maximum atomic E-state index is 5.79. The molecule has 0 amide bonds. The number of hydrogen-bond donors (Lipinski definition) is 0. The highest BCUT2D eigenvalue weighted by atomic mass is 35.5. The van der Waals surface area contributed by atoms with Gasteiger partial charge in [-0.2, -0.15) is 0 Å². The van der Waals surface area contributed by atoms with Gasteiger partial charge in [-0.05, 0) is 24.3 Å². The molecule has 0 fully saturated rings. The van der Waals surface area contributed by atoms with Gasteiger partial charge in [0.1, 0.15) is 0 Å². The molecular weight excluding hydrogens is 200 g/mol. The Morgan fingerprint density at radius 3 is 2.57 bits per heavy atom. The molecule has 0 spiro atoms. The summed E-state index contributed by atoms with van der Waals surface area (Å²) in [6.45, 7) is 0. The summed E-state index contributed by atoms with van der Waals surface area (Å²) in [5, 5.41) is 0.722. The molecule has 2 rings (SSSR count). The Labute approximate surface area is 86.9 Å². The topological polar surface area (TPSA) is 29.3 Å². The second kappa shape index (κ2) is 3.72. The molecule has 0 unspecified atom stereocenters. The van der Waals surface area contributed by atoms with Crippen molar-refractivity contribution in [1.29, 1.82) is 0 Å². The molecule has 2 aromatic rings. The van der Waals surface area contributed by atoms with Gasteiger partial charge in [-0.3, -0.25) is 0 Å². The predicted octanol–water partition coefficient (Wildman–Crippen LogP) is 3.10. The number of nitrogens with zero attached hydrogens (tertiary/aromatic N) is 2. The van der Waals surface area contributed by atoms with Crippen LogP contribution >= 0.6 is 11.6 Å². The molecule has 0 saturated heterocycles. The standard InChI is InChI=1S/C10H9ClN2O/c1-13(10-6-12-7-14-10)9-4-2-8(11)3-5-9/h2-7H,1H3. The van der Waals surface area contributed by atoms with E-state index in [-0.39, 0.29) is 0 Å². The van der Waals surface area contributed by atoms with E-state index in [1.807, 2.05) is 36.2 Å². The van der Waals surface area contributed by atoms with Crippen LogP contribution in [0.2, 0.25) is 5.02 Å². The van der Waals surface area contributed by atoms with Crippen molar-refractivity contribution in [2.45, 2.75) is 0 Å². The van der Waals surface area contributed by atoms with Crippen molar-refractivity contribution in [2.24, 2.45) is 0 Å². The van der Waals surface area contributed by atoms with E-state index < -0.39 is 0 Å². The summed E-state index contributed by atoms with van der Waals surface area (Å²) in [5.74, 6) is 0.701. The van der Waals surface area contributed by atoms with Crippen LogP contribution in [-0.2, 0) is 0 Å². The fourth-order valence-corrected chi connectivity index (χ4v) is 1.29. The summed E-state index contributed by atoms with van der Waals surface area (Å²) in [5.41, 5.74) is 1.01. The van der Waals surface area contributed by atoms with Crippen molar-refractivity contribution in [2.75, 3.05) is 11.9 Å². The highest BCUT2D eigenvalue weighted by Crippen LogP contribution is 2.23. The largest absolute Gasteiger partial charge is 0.428 e. The van der Waals surface area contributed by atoms with Crippen LogP contribution in [0.5, 0.6) is 0 Å². The van der Waals surface area contributed by atoms with Crippen molar-refractivity contribution < 1.29 is 4.42 Å². The lowest BCUT2D eigenvalue weighted by Crippen LogP contribution is -2.07. The van der Waals surface area contributed by atoms with E-state index in [0.29, 0.717) is 5.88 Å². The molecule has 14 heavy (non-hydrogen) atoms. The molecule has 0 atom stereocenters. The quantitative estimate of drug-likeness (QED) is 0.760. The van der Waals surface area contributed by atoms with E-state index in [0.717, 1.165) is 10.7 Å². The zero-order chi connectivity index (χ0) is 9.97. The van der Waals surface area contributed by atoms with Crippen LogP contribution < -0.4 is 4.90 Å². The molecule has 3 nitrogen and oxygen atoms in total. The van der Waals surface area contributed by atoms with Gasteiger partial charge in [0.15, 0.2) is 6.39 Å². The Balaban J connectivity index is 2.28. The van der Waals surface area contributed by atoms with Crippen LogP contribution in [0.3, 0.4) is 0 Å². The Kier molecular flexibility index (Phi) is 2.41. The first kappa shape index (κ1) is 9.09. The lowest BCUT2D eigenvalue weighted by molar-refractivity contribution is 0.560. The molecule has 72 valence electrons. The van der Waals surface area contributed by atoms with Crippen molar-refractivity contribution in [3.63, 3.8) is 0 Å². The normalized spacial score (nSPS) is 10.1. The smallest absolute Gasteiger partial charge is 0.220 e. The Morgan fingerprint density at radius 1 is 1.29 bits per heavy atom. The summed E-state index contributed by atoms with van der Waals surface area (Å²) >= 11 is 5.79. The Hall–Kier alpha value is -1.48. The van der Waals surface area contributed by atoms with E-state index >= 15 is 0 Å². The van der Waals surface area contributed by atoms with Gasteiger partial charge in [-0.25, -0.2) is 4.98 Å². The number of hydrogen-bond acceptors (Lipinski definition) is 3. The number of oxazole rings is 1. The molecule has 1 heterocycles. The van der Waals surface area contributed by atoms with Gasteiger partial charge in [0.25, 0.3) is 0 Å². The van der Waals surface area contributed by atoms with Gasteiger partial charge in [-0.15, -0.1) is 0 Å². The first-order chi connectivity index (χ1) is 6.77. The first-order valence-electron chi connectivity index (χ1n) is 4.15. The van der Waals surface area contributed by atoms with E-state index in [2.05, 4.69) is 4.98 Å². The van der Waals surface area contributed by atoms with Crippen molar-refractivity contribution in [3.05, 3.63) is 41.9 Å². The molecule has 0 bridgehead atoms. The van der Waals surface area contributed by atoms with E-state index in [1.165, 1.54) is 6.39 Å². The molecule has 1 aromatic carbocycles. The molecule has 0 N–H and O–H groups in total. The van der Waals surface area contributed by atoms with Gasteiger partial charge >= 0.3 is 0 Å². The van der Waals surface area contributed by atoms with Crippen LogP contribution in [0.4, 0.5) is 11.6 Å². The summed E-state index contributed by atoms with van der Waals surface area (Å²) in [7, 11) is 1.91. The second-order valence-electron chi connectivity index (χ2n) is 2.88. The zero-order valence-electron chi connectivity index (χ0n) is 7.64. The number of rotatable bonds is 2. The number of benzene rings is 1. The SMILES string of the molecule is CN(c1ccc(Cl)cc1)c1cnco1. The van der Waals surface area contributed by atoms with Crippen molar-refractivity contribution in [1.82, 2.24) is 4.98 Å². The summed E-state index contributed by atoms with van der Waals surface area (Å²) in [6, 6.07) is 7.52. The fraction of sp³-hybridized carbons (Fsp3) is 0.100. The minimum atomic E-state index is 0.701. The highest BCUT2D eigenvalue weighted by molar-refractivity contribution is 6.30. The summed E-state index contributed by atoms with van der Waals surface area (Å²) in [6.07, 6.45) is 3.07. The maximum Gasteiger partial charge on any atom is 0.220 e. The van der Waals surface area contributed by atoms with Crippen LogP contribution in [0.25, 0.3) is 0 Å². The van der Waals surface area contributed by atoms with E-state index in [4.69, 9.17) is 16.0 Å². The Bertz CT molecular complexity index is 397. The Morgan fingerprint density at radius 2 is 2.00 bits per heavy atom.